The zero-order chi connectivity index (χ0) is 13.7. The molecule has 0 fully saturated rings. The van der Waals surface area contributed by atoms with E-state index in [1.165, 1.54) is 6.07 Å². The van der Waals surface area contributed by atoms with Crippen LogP contribution in [0.3, 0.4) is 0 Å². The van der Waals surface area contributed by atoms with E-state index in [0.29, 0.717) is 5.92 Å². The van der Waals surface area contributed by atoms with Crippen LogP contribution in [0.15, 0.2) is 12.1 Å². The Balaban J connectivity index is 2.59. The Morgan fingerprint density at radius 3 is 2.44 bits per heavy atom. The van der Waals surface area contributed by atoms with Crippen molar-refractivity contribution in [3.05, 3.63) is 23.8 Å². The van der Waals surface area contributed by atoms with Gasteiger partial charge in [0.1, 0.15) is 0 Å². The van der Waals surface area contributed by atoms with E-state index in [2.05, 4.69) is 19.2 Å². The molecule has 2 nitrogen and oxygen atoms in total. The largest absolute Gasteiger partial charge is 0.397 e. The lowest BCUT2D eigenvalue weighted by atomic mass is 10.0. The van der Waals surface area contributed by atoms with E-state index >= 15 is 0 Å². The summed E-state index contributed by atoms with van der Waals surface area (Å²) in [5.74, 6) is -1.11. The standard InChI is InChI=1S/C14H22F2N2/c1-9(2)5-4-6-10(3)18-14-12(17)8-7-11(15)13(14)16/h7-10,18H,4-6,17H2,1-3H3. The summed E-state index contributed by atoms with van der Waals surface area (Å²) in [7, 11) is 0. The molecule has 1 aromatic rings. The Labute approximate surface area is 108 Å². The third-order valence-corrected chi connectivity index (χ3v) is 2.94. The van der Waals surface area contributed by atoms with Crippen LogP contribution in [0.1, 0.15) is 40.0 Å². The molecule has 1 unspecified atom stereocenters. The quantitative estimate of drug-likeness (QED) is 0.749. The highest BCUT2D eigenvalue weighted by Gasteiger charge is 2.13. The molecule has 4 heteroatoms. The molecule has 1 rings (SSSR count). The monoisotopic (exact) mass is 256 g/mol. The molecule has 0 radical (unpaired) electrons. The van der Waals surface area contributed by atoms with Gasteiger partial charge in [-0.15, -0.1) is 0 Å². The van der Waals surface area contributed by atoms with E-state index in [0.717, 1.165) is 25.3 Å². The molecule has 1 aromatic carbocycles. The Bertz CT molecular complexity index is 392. The summed E-state index contributed by atoms with van der Waals surface area (Å²) in [6, 6.07) is 2.49. The van der Waals surface area contributed by atoms with Gasteiger partial charge in [0.15, 0.2) is 11.6 Å². The Morgan fingerprint density at radius 1 is 1.17 bits per heavy atom. The van der Waals surface area contributed by atoms with Gasteiger partial charge in [0, 0.05) is 6.04 Å². The number of hydrogen-bond donors (Lipinski definition) is 2. The van der Waals surface area contributed by atoms with Gasteiger partial charge in [-0.2, -0.15) is 0 Å². The van der Waals surface area contributed by atoms with Gasteiger partial charge < -0.3 is 11.1 Å². The van der Waals surface area contributed by atoms with Gasteiger partial charge in [0.25, 0.3) is 0 Å². The number of halogens is 2. The fourth-order valence-electron chi connectivity index (χ4n) is 1.86. The SMILES string of the molecule is CC(C)CCCC(C)Nc1c(N)ccc(F)c1F. The lowest BCUT2D eigenvalue weighted by Crippen LogP contribution is -2.17. The number of nitrogen functional groups attached to an aromatic ring is 1. The van der Waals surface area contributed by atoms with Crippen LogP contribution in [0.25, 0.3) is 0 Å². The van der Waals surface area contributed by atoms with Crippen LogP contribution in [0.5, 0.6) is 0 Å². The first-order valence-electron chi connectivity index (χ1n) is 6.41. The maximum atomic E-state index is 13.6. The second-order valence-corrected chi connectivity index (χ2v) is 5.20. The molecular weight excluding hydrogens is 234 g/mol. The Kier molecular flexibility index (Phi) is 5.38. The number of anilines is 2. The summed E-state index contributed by atoms with van der Waals surface area (Å²) < 4.78 is 26.7. The second kappa shape index (κ2) is 6.57. The van der Waals surface area contributed by atoms with Crippen LogP contribution in [0, 0.1) is 17.6 Å². The smallest absolute Gasteiger partial charge is 0.183 e. The number of nitrogens with two attached hydrogens (primary N) is 1. The van der Waals surface area contributed by atoms with Crippen molar-refractivity contribution in [2.75, 3.05) is 11.1 Å². The summed E-state index contributed by atoms with van der Waals surface area (Å²) in [4.78, 5) is 0. The first kappa shape index (κ1) is 14.7. The number of nitrogens with one attached hydrogen (secondary N) is 1. The zero-order valence-corrected chi connectivity index (χ0v) is 11.3. The minimum absolute atomic E-state index is 0.0716. The molecule has 0 aromatic heterocycles. The fraction of sp³-hybridized carbons (Fsp3) is 0.571. The predicted molar refractivity (Wildman–Crippen MR) is 72.5 cm³/mol. The van der Waals surface area contributed by atoms with Crippen LogP contribution in [-0.4, -0.2) is 6.04 Å². The molecule has 0 saturated carbocycles. The number of benzene rings is 1. The third-order valence-electron chi connectivity index (χ3n) is 2.94. The number of rotatable bonds is 6. The number of hydrogen-bond acceptors (Lipinski definition) is 2. The van der Waals surface area contributed by atoms with Gasteiger partial charge in [0.2, 0.25) is 0 Å². The van der Waals surface area contributed by atoms with Crippen molar-refractivity contribution in [1.29, 1.82) is 0 Å². The van der Waals surface area contributed by atoms with Crippen LogP contribution in [-0.2, 0) is 0 Å². The van der Waals surface area contributed by atoms with Crippen molar-refractivity contribution in [3.63, 3.8) is 0 Å². The summed E-state index contributed by atoms with van der Waals surface area (Å²) in [5, 5.41) is 2.95. The minimum atomic E-state index is -0.897. The van der Waals surface area contributed by atoms with Crippen LogP contribution < -0.4 is 11.1 Å². The first-order chi connectivity index (χ1) is 8.41. The van der Waals surface area contributed by atoms with Gasteiger partial charge in [0.05, 0.1) is 11.4 Å². The van der Waals surface area contributed by atoms with Gasteiger partial charge >= 0.3 is 0 Å². The van der Waals surface area contributed by atoms with Gasteiger partial charge in [-0.05, 0) is 31.4 Å². The van der Waals surface area contributed by atoms with E-state index in [9.17, 15) is 8.78 Å². The topological polar surface area (TPSA) is 38.0 Å². The first-order valence-corrected chi connectivity index (χ1v) is 6.41. The average molecular weight is 256 g/mol. The lowest BCUT2D eigenvalue weighted by molar-refractivity contribution is 0.503. The highest BCUT2D eigenvalue weighted by molar-refractivity contribution is 5.67. The molecule has 1 atom stereocenters. The molecule has 0 bridgehead atoms. The predicted octanol–water partition coefficient (Wildman–Crippen LogP) is 4.17. The van der Waals surface area contributed by atoms with E-state index in [4.69, 9.17) is 5.73 Å². The van der Waals surface area contributed by atoms with Crippen molar-refractivity contribution >= 4 is 11.4 Å². The molecule has 102 valence electrons. The van der Waals surface area contributed by atoms with Crippen molar-refractivity contribution in [2.45, 2.75) is 46.1 Å². The lowest BCUT2D eigenvalue weighted by Gasteiger charge is -2.18. The molecule has 18 heavy (non-hydrogen) atoms. The van der Waals surface area contributed by atoms with E-state index in [1.807, 2.05) is 6.92 Å². The molecule has 0 aliphatic heterocycles. The van der Waals surface area contributed by atoms with Gasteiger partial charge in [-0.25, -0.2) is 8.78 Å². The molecule has 0 saturated heterocycles. The summed E-state index contributed by atoms with van der Waals surface area (Å²) in [5.41, 5.74) is 5.96. The third kappa shape index (κ3) is 4.17. The summed E-state index contributed by atoms with van der Waals surface area (Å²) >= 11 is 0. The highest BCUT2D eigenvalue weighted by Crippen LogP contribution is 2.26. The second-order valence-electron chi connectivity index (χ2n) is 5.20. The van der Waals surface area contributed by atoms with E-state index in [-0.39, 0.29) is 17.4 Å². The van der Waals surface area contributed by atoms with Gasteiger partial charge in [-0.1, -0.05) is 26.7 Å². The highest BCUT2D eigenvalue weighted by atomic mass is 19.2. The molecule has 0 aliphatic carbocycles. The van der Waals surface area contributed by atoms with Crippen LogP contribution in [0.2, 0.25) is 0 Å². The zero-order valence-electron chi connectivity index (χ0n) is 11.3. The molecule has 0 amide bonds. The summed E-state index contributed by atoms with van der Waals surface area (Å²) in [6.07, 6.45) is 3.10. The van der Waals surface area contributed by atoms with Crippen molar-refractivity contribution in [1.82, 2.24) is 0 Å². The van der Waals surface area contributed by atoms with Crippen molar-refractivity contribution in [3.8, 4) is 0 Å². The van der Waals surface area contributed by atoms with Crippen molar-refractivity contribution in [2.24, 2.45) is 5.92 Å². The van der Waals surface area contributed by atoms with E-state index < -0.39 is 11.6 Å². The summed E-state index contributed by atoms with van der Waals surface area (Å²) in [6.45, 7) is 6.29. The fourth-order valence-corrected chi connectivity index (χ4v) is 1.86. The normalized spacial score (nSPS) is 12.8. The maximum absolute atomic E-state index is 13.6. The van der Waals surface area contributed by atoms with Crippen LogP contribution >= 0.6 is 0 Å². The van der Waals surface area contributed by atoms with Crippen LogP contribution in [0.4, 0.5) is 20.2 Å². The van der Waals surface area contributed by atoms with Crippen molar-refractivity contribution < 1.29 is 8.78 Å². The molecule has 0 heterocycles. The average Bonchev–Trinajstić information content (AvgIpc) is 2.29. The molecule has 0 spiro atoms. The Hall–Kier alpha value is -1.32. The molecular formula is C14H22F2N2. The maximum Gasteiger partial charge on any atom is 0.183 e. The molecule has 0 aliphatic rings. The minimum Gasteiger partial charge on any atom is -0.397 e. The van der Waals surface area contributed by atoms with E-state index in [1.54, 1.807) is 0 Å². The molecule has 3 N–H and O–H groups in total. The van der Waals surface area contributed by atoms with Gasteiger partial charge in [-0.3, -0.25) is 0 Å². The Morgan fingerprint density at radius 2 is 1.83 bits per heavy atom.